The number of carbonyl (C=O) groups is 1. The van der Waals surface area contributed by atoms with Crippen molar-refractivity contribution in [2.45, 2.75) is 24.4 Å². The van der Waals surface area contributed by atoms with Crippen LogP contribution in [0.2, 0.25) is 0 Å². The van der Waals surface area contributed by atoms with Gasteiger partial charge in [0.05, 0.1) is 26.4 Å². The summed E-state index contributed by atoms with van der Waals surface area (Å²) in [5, 5.41) is 2.65. The van der Waals surface area contributed by atoms with E-state index in [4.69, 9.17) is 24.7 Å². The second kappa shape index (κ2) is 5.88. The summed E-state index contributed by atoms with van der Waals surface area (Å²) in [6.07, 6.45) is -1.44. The van der Waals surface area contributed by atoms with Crippen LogP contribution in [0.25, 0.3) is 0 Å². The topological polar surface area (TPSA) is 92.0 Å². The molecule has 0 aliphatic carbocycles. The molecule has 0 spiro atoms. The molecule has 2 heterocycles. The van der Waals surface area contributed by atoms with Gasteiger partial charge in [0.25, 0.3) is 0 Å². The van der Waals surface area contributed by atoms with Gasteiger partial charge in [-0.15, -0.1) is 0 Å². The van der Waals surface area contributed by atoms with Crippen molar-refractivity contribution in [2.75, 3.05) is 25.6 Å². The number of ether oxygens (including phenoxy) is 4. The number of anilines is 1. The van der Waals surface area contributed by atoms with E-state index in [0.29, 0.717) is 24.7 Å². The number of rotatable bonds is 3. The Morgan fingerprint density at radius 2 is 1.95 bits per heavy atom. The zero-order chi connectivity index (χ0) is 14.8. The van der Waals surface area contributed by atoms with Gasteiger partial charge in [-0.1, -0.05) is 0 Å². The third-order valence-corrected chi connectivity index (χ3v) is 3.64. The van der Waals surface area contributed by atoms with Crippen molar-refractivity contribution in [2.24, 2.45) is 5.73 Å². The summed E-state index contributed by atoms with van der Waals surface area (Å²) in [5.41, 5.74) is 6.47. The quantitative estimate of drug-likeness (QED) is 0.854. The normalized spacial score (nSPS) is 30.8. The van der Waals surface area contributed by atoms with Gasteiger partial charge in [-0.25, -0.2) is 4.79 Å². The first-order chi connectivity index (χ1) is 10.2. The molecule has 4 atom stereocenters. The second-order valence-corrected chi connectivity index (χ2v) is 5.06. The Morgan fingerprint density at radius 3 is 2.67 bits per heavy atom. The number of hydrogen-bond donors (Lipinski definition) is 2. The standard InChI is InChI=1S/C14H18N2O5/c1-18-9-4-2-8(3-5-9)16-14(17)21-11-7-20-12-10(15)6-19-13(11)12/h2-5,10-13H,6-7,15H2,1H3,(H,16,17). The van der Waals surface area contributed by atoms with Gasteiger partial charge in [0.1, 0.15) is 18.0 Å². The van der Waals surface area contributed by atoms with Crippen molar-refractivity contribution in [3.63, 3.8) is 0 Å². The predicted molar refractivity (Wildman–Crippen MR) is 74.3 cm³/mol. The number of benzene rings is 1. The Morgan fingerprint density at radius 1 is 1.24 bits per heavy atom. The van der Waals surface area contributed by atoms with Crippen molar-refractivity contribution in [3.8, 4) is 5.75 Å². The maximum Gasteiger partial charge on any atom is 0.412 e. The largest absolute Gasteiger partial charge is 0.497 e. The summed E-state index contributed by atoms with van der Waals surface area (Å²) < 4.78 is 21.4. The molecule has 1 aromatic rings. The van der Waals surface area contributed by atoms with Crippen molar-refractivity contribution in [1.29, 1.82) is 0 Å². The fraction of sp³-hybridized carbons (Fsp3) is 0.500. The van der Waals surface area contributed by atoms with Crippen LogP contribution in [0.15, 0.2) is 24.3 Å². The monoisotopic (exact) mass is 294 g/mol. The van der Waals surface area contributed by atoms with Gasteiger partial charge in [0.15, 0.2) is 6.10 Å². The Balaban J connectivity index is 1.54. The summed E-state index contributed by atoms with van der Waals surface area (Å²) >= 11 is 0. The van der Waals surface area contributed by atoms with E-state index in [-0.39, 0.29) is 18.2 Å². The summed E-state index contributed by atoms with van der Waals surface area (Å²) in [7, 11) is 1.58. The lowest BCUT2D eigenvalue weighted by Gasteiger charge is -2.17. The lowest BCUT2D eigenvalue weighted by molar-refractivity contribution is 0.00899. The Bertz CT molecular complexity index is 507. The molecule has 2 saturated heterocycles. The molecular weight excluding hydrogens is 276 g/mol. The molecule has 0 radical (unpaired) electrons. The fourth-order valence-corrected chi connectivity index (χ4v) is 2.55. The Hall–Kier alpha value is -1.83. The summed E-state index contributed by atoms with van der Waals surface area (Å²) in [4.78, 5) is 11.9. The first-order valence-electron chi connectivity index (χ1n) is 6.78. The van der Waals surface area contributed by atoms with Crippen LogP contribution in [0.1, 0.15) is 0 Å². The van der Waals surface area contributed by atoms with E-state index in [1.165, 1.54) is 0 Å². The van der Waals surface area contributed by atoms with Crippen molar-refractivity contribution < 1.29 is 23.7 Å². The first kappa shape index (κ1) is 14.1. The zero-order valence-corrected chi connectivity index (χ0v) is 11.7. The number of nitrogens with one attached hydrogen (secondary N) is 1. The molecule has 3 rings (SSSR count). The van der Waals surface area contributed by atoms with Gasteiger partial charge < -0.3 is 24.7 Å². The highest BCUT2D eigenvalue weighted by molar-refractivity contribution is 5.84. The second-order valence-electron chi connectivity index (χ2n) is 5.06. The number of methoxy groups -OCH3 is 1. The SMILES string of the molecule is COc1ccc(NC(=O)OC2COC3C(N)COC23)cc1. The smallest absolute Gasteiger partial charge is 0.412 e. The molecule has 0 saturated carbocycles. The van der Waals surface area contributed by atoms with E-state index in [9.17, 15) is 4.79 Å². The molecule has 2 fully saturated rings. The van der Waals surface area contributed by atoms with Gasteiger partial charge in [0, 0.05) is 5.69 Å². The number of amides is 1. The van der Waals surface area contributed by atoms with Gasteiger partial charge in [0.2, 0.25) is 0 Å². The number of carbonyl (C=O) groups excluding carboxylic acids is 1. The fourth-order valence-electron chi connectivity index (χ4n) is 2.55. The minimum absolute atomic E-state index is 0.159. The molecule has 0 bridgehead atoms. The van der Waals surface area contributed by atoms with E-state index in [0.717, 1.165) is 0 Å². The van der Waals surface area contributed by atoms with Gasteiger partial charge in [-0.05, 0) is 24.3 Å². The third-order valence-electron chi connectivity index (χ3n) is 3.64. The van der Waals surface area contributed by atoms with E-state index in [1.807, 2.05) is 0 Å². The van der Waals surface area contributed by atoms with Crippen LogP contribution < -0.4 is 15.8 Å². The molecule has 114 valence electrons. The minimum Gasteiger partial charge on any atom is -0.497 e. The Labute approximate surface area is 122 Å². The maximum atomic E-state index is 11.9. The van der Waals surface area contributed by atoms with Crippen LogP contribution in [0.4, 0.5) is 10.5 Å². The number of hydrogen-bond acceptors (Lipinski definition) is 6. The average Bonchev–Trinajstić information content (AvgIpc) is 3.04. The zero-order valence-electron chi connectivity index (χ0n) is 11.7. The molecule has 1 amide bonds. The van der Waals surface area contributed by atoms with Crippen LogP contribution in [-0.2, 0) is 14.2 Å². The molecule has 2 aliphatic rings. The van der Waals surface area contributed by atoms with Gasteiger partial charge in [-0.2, -0.15) is 0 Å². The highest BCUT2D eigenvalue weighted by Gasteiger charge is 2.48. The molecule has 3 N–H and O–H groups in total. The van der Waals surface area contributed by atoms with E-state index in [1.54, 1.807) is 31.4 Å². The summed E-state index contributed by atoms with van der Waals surface area (Å²) in [6, 6.07) is 6.81. The summed E-state index contributed by atoms with van der Waals surface area (Å²) in [5.74, 6) is 0.717. The van der Waals surface area contributed by atoms with Gasteiger partial charge in [-0.3, -0.25) is 5.32 Å². The van der Waals surface area contributed by atoms with Crippen molar-refractivity contribution in [1.82, 2.24) is 0 Å². The van der Waals surface area contributed by atoms with E-state index < -0.39 is 12.2 Å². The molecular formula is C14H18N2O5. The van der Waals surface area contributed by atoms with Crippen molar-refractivity contribution >= 4 is 11.8 Å². The number of fused-ring (bicyclic) bond motifs is 1. The predicted octanol–water partition coefficient (Wildman–Crippen LogP) is 0.737. The lowest BCUT2D eigenvalue weighted by atomic mass is 10.1. The first-order valence-corrected chi connectivity index (χ1v) is 6.78. The van der Waals surface area contributed by atoms with Crippen LogP contribution >= 0.6 is 0 Å². The van der Waals surface area contributed by atoms with Crippen molar-refractivity contribution in [3.05, 3.63) is 24.3 Å². The lowest BCUT2D eigenvalue weighted by Crippen LogP contribution is -2.38. The van der Waals surface area contributed by atoms with Crippen LogP contribution in [0.5, 0.6) is 5.75 Å². The molecule has 1 aromatic carbocycles. The van der Waals surface area contributed by atoms with Crippen LogP contribution in [0.3, 0.4) is 0 Å². The van der Waals surface area contributed by atoms with Gasteiger partial charge >= 0.3 is 6.09 Å². The highest BCUT2D eigenvalue weighted by Crippen LogP contribution is 2.28. The molecule has 4 unspecified atom stereocenters. The third kappa shape index (κ3) is 2.94. The van der Waals surface area contributed by atoms with E-state index in [2.05, 4.69) is 5.32 Å². The molecule has 0 aromatic heterocycles. The Kier molecular flexibility index (Phi) is 3.96. The maximum absolute atomic E-state index is 11.9. The average molecular weight is 294 g/mol. The summed E-state index contributed by atoms with van der Waals surface area (Å²) in [6.45, 7) is 0.731. The molecule has 7 heteroatoms. The molecule has 21 heavy (non-hydrogen) atoms. The van der Waals surface area contributed by atoms with Crippen LogP contribution in [-0.4, -0.2) is 50.8 Å². The minimum atomic E-state index is -0.543. The molecule has 2 aliphatic heterocycles. The number of nitrogens with two attached hydrogens (primary N) is 1. The van der Waals surface area contributed by atoms with E-state index >= 15 is 0 Å². The van der Waals surface area contributed by atoms with Crippen LogP contribution in [0, 0.1) is 0 Å². The molecule has 7 nitrogen and oxygen atoms in total. The highest BCUT2D eigenvalue weighted by atomic mass is 16.6.